The Hall–Kier alpha value is -1.91. The highest BCUT2D eigenvalue weighted by molar-refractivity contribution is 6.30. The van der Waals surface area contributed by atoms with Gasteiger partial charge in [-0.1, -0.05) is 23.7 Å². The molecule has 0 amide bonds. The van der Waals surface area contributed by atoms with Gasteiger partial charge in [0.1, 0.15) is 6.17 Å². The fourth-order valence-electron chi connectivity index (χ4n) is 2.30. The number of nitrogens with two attached hydrogens (primary N) is 1. The highest BCUT2D eigenvalue weighted by Gasteiger charge is 2.23. The Morgan fingerprint density at radius 3 is 2.85 bits per heavy atom. The third-order valence-corrected chi connectivity index (χ3v) is 3.56. The van der Waals surface area contributed by atoms with E-state index in [1.165, 1.54) is 0 Å². The van der Waals surface area contributed by atoms with E-state index in [1.807, 2.05) is 48.4 Å². The van der Waals surface area contributed by atoms with E-state index in [2.05, 4.69) is 4.98 Å². The van der Waals surface area contributed by atoms with Gasteiger partial charge in [-0.3, -0.25) is 9.98 Å². The second-order valence-electron chi connectivity index (χ2n) is 4.83. The van der Waals surface area contributed by atoms with Crippen molar-refractivity contribution in [1.29, 1.82) is 0 Å². The zero-order valence-corrected chi connectivity index (χ0v) is 11.8. The van der Waals surface area contributed by atoms with Gasteiger partial charge in [-0.15, -0.1) is 0 Å². The summed E-state index contributed by atoms with van der Waals surface area (Å²) < 4.78 is 0. The summed E-state index contributed by atoms with van der Waals surface area (Å²) in [6.45, 7) is 1.94. The Balaban J connectivity index is 2.20. The maximum atomic E-state index is 6.22. The number of halogens is 1. The molecule has 2 N–H and O–H groups in total. The van der Waals surface area contributed by atoms with Gasteiger partial charge in [-0.05, 0) is 25.1 Å². The average Bonchev–Trinajstić information content (AvgIpc) is 2.47. The zero-order valence-electron chi connectivity index (χ0n) is 11.1. The number of fused-ring (bicyclic) bond motifs is 1. The molecule has 5 heteroatoms. The van der Waals surface area contributed by atoms with Crippen LogP contribution in [0.2, 0.25) is 5.02 Å². The molecule has 1 unspecified atom stereocenters. The Morgan fingerprint density at radius 1 is 1.30 bits per heavy atom. The molecule has 0 spiro atoms. The lowest BCUT2D eigenvalue weighted by atomic mass is 10.1. The fourth-order valence-corrected chi connectivity index (χ4v) is 2.53. The van der Waals surface area contributed by atoms with Crippen molar-refractivity contribution in [1.82, 2.24) is 4.98 Å². The van der Waals surface area contributed by atoms with Crippen molar-refractivity contribution in [3.63, 3.8) is 0 Å². The maximum Gasteiger partial charge on any atom is 0.140 e. The first-order valence-corrected chi connectivity index (χ1v) is 6.83. The van der Waals surface area contributed by atoms with E-state index < -0.39 is 0 Å². The van der Waals surface area contributed by atoms with Crippen LogP contribution in [0.25, 0.3) is 6.20 Å². The van der Waals surface area contributed by atoms with Gasteiger partial charge >= 0.3 is 0 Å². The third kappa shape index (κ3) is 2.28. The van der Waals surface area contributed by atoms with Crippen LogP contribution in [-0.2, 0) is 0 Å². The lowest BCUT2D eigenvalue weighted by molar-refractivity contribution is 0.557. The van der Waals surface area contributed by atoms with Crippen molar-refractivity contribution >= 4 is 23.5 Å². The number of para-hydroxylation sites is 1. The van der Waals surface area contributed by atoms with Gasteiger partial charge in [0, 0.05) is 23.7 Å². The molecule has 0 saturated carbocycles. The molecule has 1 aromatic carbocycles. The van der Waals surface area contributed by atoms with Crippen LogP contribution in [0.5, 0.6) is 0 Å². The second-order valence-corrected chi connectivity index (χ2v) is 5.23. The molecule has 2 atom stereocenters. The normalized spacial score (nSPS) is 18.8. The molecule has 2 heterocycles. The standard InChI is InChI=1S/C15H15ClN4/c1-10(17)15-19-14-11(4-2-6-13(14)16)9-20(15)12-5-3-7-18-8-12/h2-10,15H,17H2,1H3/t10?,15-/m1/s1. The molecular weight excluding hydrogens is 272 g/mol. The van der Waals surface area contributed by atoms with Gasteiger partial charge in [0.25, 0.3) is 0 Å². The summed E-state index contributed by atoms with van der Waals surface area (Å²) >= 11 is 6.22. The number of hydrogen-bond acceptors (Lipinski definition) is 4. The first kappa shape index (κ1) is 13.1. The number of hydrogen-bond donors (Lipinski definition) is 1. The van der Waals surface area contributed by atoms with Crippen molar-refractivity contribution in [3.8, 4) is 0 Å². The number of nitrogens with zero attached hydrogens (tertiary/aromatic N) is 3. The average molecular weight is 287 g/mol. The van der Waals surface area contributed by atoms with Crippen LogP contribution in [0.1, 0.15) is 6.92 Å². The predicted molar refractivity (Wildman–Crippen MR) is 80.9 cm³/mol. The lowest BCUT2D eigenvalue weighted by Gasteiger charge is -2.32. The van der Waals surface area contributed by atoms with Crippen molar-refractivity contribution in [3.05, 3.63) is 58.3 Å². The molecule has 0 saturated heterocycles. The zero-order chi connectivity index (χ0) is 14.1. The van der Waals surface area contributed by atoms with E-state index in [0.29, 0.717) is 5.02 Å². The molecular formula is C15H15ClN4. The van der Waals surface area contributed by atoms with Crippen LogP contribution in [-0.4, -0.2) is 17.2 Å². The minimum Gasteiger partial charge on any atom is -0.325 e. The molecule has 0 bridgehead atoms. The van der Waals surface area contributed by atoms with Crippen LogP contribution in [0, 0.1) is 0 Å². The van der Waals surface area contributed by atoms with Gasteiger partial charge < -0.3 is 10.6 Å². The summed E-state index contributed by atoms with van der Waals surface area (Å²) in [5.41, 5.74) is 7.05. The smallest absolute Gasteiger partial charge is 0.140 e. The molecule has 102 valence electrons. The van der Waals surface area contributed by atoms with Gasteiger partial charge in [0.15, 0.2) is 0 Å². The topological polar surface area (TPSA) is 54.5 Å². The molecule has 1 aromatic heterocycles. The Kier molecular flexibility index (Phi) is 3.42. The quantitative estimate of drug-likeness (QED) is 0.905. The molecule has 3 rings (SSSR count). The summed E-state index contributed by atoms with van der Waals surface area (Å²) in [4.78, 5) is 10.9. The van der Waals surface area contributed by atoms with Crippen LogP contribution >= 0.6 is 11.6 Å². The first-order chi connectivity index (χ1) is 9.66. The monoisotopic (exact) mass is 286 g/mol. The van der Waals surface area contributed by atoms with Gasteiger partial charge in [0.05, 0.1) is 22.3 Å². The highest BCUT2D eigenvalue weighted by Crippen LogP contribution is 2.19. The number of pyridine rings is 1. The van der Waals surface area contributed by atoms with Crippen LogP contribution in [0.15, 0.2) is 47.7 Å². The van der Waals surface area contributed by atoms with E-state index in [1.54, 1.807) is 12.4 Å². The number of aromatic nitrogens is 1. The van der Waals surface area contributed by atoms with Crippen molar-refractivity contribution in [2.75, 3.05) is 4.90 Å². The number of rotatable bonds is 2. The highest BCUT2D eigenvalue weighted by atomic mass is 35.5. The Bertz CT molecular complexity index is 727. The molecule has 0 aliphatic carbocycles. The molecule has 1 aliphatic heterocycles. The number of benzene rings is 1. The SMILES string of the molecule is CC(N)[C@@H]1N=c2c(Cl)cccc2=CN1c1cccnc1. The fraction of sp³-hybridized carbons (Fsp3) is 0.200. The second kappa shape index (κ2) is 5.23. The minimum absolute atomic E-state index is 0.129. The summed E-state index contributed by atoms with van der Waals surface area (Å²) in [7, 11) is 0. The summed E-state index contributed by atoms with van der Waals surface area (Å²) in [6.07, 6.45) is 5.39. The molecule has 4 nitrogen and oxygen atoms in total. The largest absolute Gasteiger partial charge is 0.325 e. The third-order valence-electron chi connectivity index (χ3n) is 3.26. The number of anilines is 1. The Morgan fingerprint density at radius 2 is 2.15 bits per heavy atom. The minimum atomic E-state index is -0.188. The van der Waals surface area contributed by atoms with E-state index in [0.717, 1.165) is 16.3 Å². The summed E-state index contributed by atoms with van der Waals surface area (Å²) in [6, 6.07) is 9.51. The van der Waals surface area contributed by atoms with E-state index in [-0.39, 0.29) is 12.2 Å². The van der Waals surface area contributed by atoms with Crippen LogP contribution < -0.4 is 21.2 Å². The molecule has 1 aliphatic rings. The summed E-state index contributed by atoms with van der Waals surface area (Å²) in [5.74, 6) is 0. The summed E-state index contributed by atoms with van der Waals surface area (Å²) in [5, 5.41) is 2.44. The van der Waals surface area contributed by atoms with E-state index >= 15 is 0 Å². The maximum absolute atomic E-state index is 6.22. The predicted octanol–water partition coefficient (Wildman–Crippen LogP) is 1.29. The van der Waals surface area contributed by atoms with Gasteiger partial charge in [-0.25, -0.2) is 0 Å². The van der Waals surface area contributed by atoms with E-state index in [9.17, 15) is 0 Å². The van der Waals surface area contributed by atoms with E-state index in [4.69, 9.17) is 22.3 Å². The molecule has 2 aromatic rings. The lowest BCUT2D eigenvalue weighted by Crippen LogP contribution is -2.49. The van der Waals surface area contributed by atoms with Crippen molar-refractivity contribution in [2.24, 2.45) is 10.7 Å². The van der Waals surface area contributed by atoms with Crippen LogP contribution in [0.4, 0.5) is 5.69 Å². The molecule has 20 heavy (non-hydrogen) atoms. The molecule has 0 radical (unpaired) electrons. The van der Waals surface area contributed by atoms with Crippen LogP contribution in [0.3, 0.4) is 0 Å². The molecule has 0 fully saturated rings. The van der Waals surface area contributed by atoms with Crippen molar-refractivity contribution in [2.45, 2.75) is 19.1 Å². The Labute approximate surface area is 122 Å². The van der Waals surface area contributed by atoms with Gasteiger partial charge in [0.2, 0.25) is 0 Å². The van der Waals surface area contributed by atoms with Gasteiger partial charge in [-0.2, -0.15) is 0 Å². The van der Waals surface area contributed by atoms with Crippen molar-refractivity contribution < 1.29 is 0 Å². The first-order valence-electron chi connectivity index (χ1n) is 6.45.